The lowest BCUT2D eigenvalue weighted by Crippen LogP contribution is -2.30. The summed E-state index contributed by atoms with van der Waals surface area (Å²) in [5.74, 6) is -1.09. The summed E-state index contributed by atoms with van der Waals surface area (Å²) in [5.41, 5.74) is 1.26. The average molecular weight is 412 g/mol. The number of benzene rings is 2. The zero-order valence-electron chi connectivity index (χ0n) is 15.3. The van der Waals surface area contributed by atoms with Gasteiger partial charge in [0.1, 0.15) is 6.61 Å². The number of nitrogens with one attached hydrogen (secondary N) is 1. The van der Waals surface area contributed by atoms with Gasteiger partial charge in [-0.15, -0.1) is 0 Å². The molecule has 0 bridgehead atoms. The number of carbonyl (C=O) groups excluding carboxylic acids is 1. The number of carbonyl (C=O) groups is 1. The Morgan fingerprint density at radius 2 is 1.63 bits per heavy atom. The van der Waals surface area contributed by atoms with Gasteiger partial charge in [-0.3, -0.25) is 4.57 Å². The molecule has 0 saturated heterocycles. The fraction of sp³-hybridized carbons (Fsp3) is 0.316. The van der Waals surface area contributed by atoms with Crippen molar-refractivity contribution in [2.45, 2.75) is 26.2 Å². The van der Waals surface area contributed by atoms with Gasteiger partial charge in [0.2, 0.25) is 0 Å². The molecule has 0 saturated carbocycles. The van der Waals surface area contributed by atoms with E-state index in [1.807, 2.05) is 30.3 Å². The topological polar surface area (TPSA) is 73.9 Å². The van der Waals surface area contributed by atoms with Crippen molar-refractivity contribution in [2.24, 2.45) is 0 Å². The standard InChI is InChI=1S/C19H23ClNO5P/c1-3-25-27(23,26-4-2)18(16-12-8-9-13-17(16)20)21-19(22)24-14-15-10-6-5-7-11-15/h5-13,18H,3-4,14H2,1-2H3,(H,21,22). The highest BCUT2D eigenvalue weighted by Crippen LogP contribution is 2.60. The molecule has 0 aliphatic carbocycles. The van der Waals surface area contributed by atoms with Crippen LogP contribution >= 0.6 is 19.2 Å². The molecule has 27 heavy (non-hydrogen) atoms. The predicted molar refractivity (Wildman–Crippen MR) is 105 cm³/mol. The van der Waals surface area contributed by atoms with Gasteiger partial charge >= 0.3 is 13.7 Å². The maximum Gasteiger partial charge on any atom is 0.408 e. The molecular weight excluding hydrogens is 389 g/mol. The van der Waals surface area contributed by atoms with Gasteiger partial charge in [0.05, 0.1) is 13.2 Å². The monoisotopic (exact) mass is 411 g/mol. The largest absolute Gasteiger partial charge is 0.445 e. The van der Waals surface area contributed by atoms with Gasteiger partial charge in [-0.05, 0) is 25.5 Å². The SMILES string of the molecule is CCOP(=O)(OCC)C(NC(=O)OCc1ccccc1)c1ccccc1Cl. The second-order valence-electron chi connectivity index (χ2n) is 5.51. The molecule has 1 amide bonds. The molecule has 1 atom stereocenters. The van der Waals surface area contributed by atoms with Gasteiger partial charge in [-0.2, -0.15) is 0 Å². The third kappa shape index (κ3) is 6.08. The van der Waals surface area contributed by atoms with E-state index in [1.54, 1.807) is 38.1 Å². The molecule has 1 N–H and O–H groups in total. The first-order valence-corrected chi connectivity index (χ1v) is 10.6. The highest BCUT2D eigenvalue weighted by molar-refractivity contribution is 7.54. The quantitative estimate of drug-likeness (QED) is 0.549. The fourth-order valence-corrected chi connectivity index (χ4v) is 4.69. The van der Waals surface area contributed by atoms with Gasteiger partial charge in [0, 0.05) is 10.6 Å². The van der Waals surface area contributed by atoms with Gasteiger partial charge in [-0.1, -0.05) is 60.1 Å². The number of rotatable bonds is 9. The highest BCUT2D eigenvalue weighted by Gasteiger charge is 2.39. The Morgan fingerprint density at radius 1 is 1.04 bits per heavy atom. The van der Waals surface area contributed by atoms with Gasteiger partial charge < -0.3 is 19.1 Å². The lowest BCUT2D eigenvalue weighted by molar-refractivity contribution is 0.134. The van der Waals surface area contributed by atoms with Crippen LogP contribution < -0.4 is 5.32 Å². The summed E-state index contributed by atoms with van der Waals surface area (Å²) in [7, 11) is -3.72. The first-order chi connectivity index (χ1) is 13.0. The lowest BCUT2D eigenvalue weighted by Gasteiger charge is -2.27. The molecule has 0 heterocycles. The minimum atomic E-state index is -3.72. The zero-order valence-corrected chi connectivity index (χ0v) is 16.9. The van der Waals surface area contributed by atoms with Gasteiger partial charge in [0.25, 0.3) is 0 Å². The Bertz CT molecular complexity index is 777. The first-order valence-electron chi connectivity index (χ1n) is 8.60. The molecule has 0 radical (unpaired) electrons. The van der Waals surface area contributed by atoms with E-state index in [4.69, 9.17) is 25.4 Å². The van der Waals surface area contributed by atoms with Crippen molar-refractivity contribution in [3.63, 3.8) is 0 Å². The molecule has 8 heteroatoms. The van der Waals surface area contributed by atoms with Crippen LogP contribution in [0, 0.1) is 0 Å². The molecule has 2 aromatic rings. The zero-order chi connectivity index (χ0) is 19.7. The van der Waals surface area contributed by atoms with Crippen LogP contribution in [0.4, 0.5) is 4.79 Å². The van der Waals surface area contributed by atoms with E-state index in [0.717, 1.165) is 5.56 Å². The molecular formula is C19H23ClNO5P. The third-order valence-corrected chi connectivity index (χ3v) is 6.22. The van der Waals surface area contributed by atoms with Crippen molar-refractivity contribution in [1.82, 2.24) is 5.32 Å². The molecule has 0 aliphatic heterocycles. The highest BCUT2D eigenvalue weighted by atomic mass is 35.5. The fourth-order valence-electron chi connectivity index (χ4n) is 2.45. The van der Waals surface area contributed by atoms with E-state index in [0.29, 0.717) is 10.6 Å². The van der Waals surface area contributed by atoms with Crippen molar-refractivity contribution >= 4 is 25.3 Å². The molecule has 2 aromatic carbocycles. The Kier molecular flexibility index (Phi) is 8.32. The van der Waals surface area contributed by atoms with Crippen LogP contribution in [-0.4, -0.2) is 19.3 Å². The number of alkyl carbamates (subject to hydrolysis) is 1. The first kappa shape index (κ1) is 21.5. The van der Waals surface area contributed by atoms with E-state index in [-0.39, 0.29) is 19.8 Å². The van der Waals surface area contributed by atoms with Gasteiger partial charge in [0.15, 0.2) is 5.78 Å². The summed E-state index contributed by atoms with van der Waals surface area (Å²) in [6, 6.07) is 16.0. The summed E-state index contributed by atoms with van der Waals surface area (Å²) >= 11 is 6.26. The van der Waals surface area contributed by atoms with E-state index in [1.165, 1.54) is 0 Å². The molecule has 0 fully saturated rings. The molecule has 0 aliphatic rings. The van der Waals surface area contributed by atoms with Crippen molar-refractivity contribution < 1.29 is 23.1 Å². The third-order valence-electron chi connectivity index (χ3n) is 3.60. The summed E-state index contributed by atoms with van der Waals surface area (Å²) in [6.45, 7) is 3.78. The molecule has 146 valence electrons. The van der Waals surface area contributed by atoms with E-state index in [9.17, 15) is 9.36 Å². The van der Waals surface area contributed by atoms with E-state index < -0.39 is 19.5 Å². The Hall–Kier alpha value is -1.85. The van der Waals surface area contributed by atoms with Crippen LogP contribution in [0.2, 0.25) is 5.02 Å². The minimum absolute atomic E-state index is 0.0789. The molecule has 1 unspecified atom stereocenters. The summed E-state index contributed by atoms with van der Waals surface area (Å²) in [4.78, 5) is 12.4. The maximum absolute atomic E-state index is 13.3. The van der Waals surface area contributed by atoms with Crippen LogP contribution in [-0.2, 0) is 25.0 Å². The number of ether oxygens (including phenoxy) is 1. The second kappa shape index (κ2) is 10.5. The molecule has 2 rings (SSSR count). The summed E-state index contributed by atoms with van der Waals surface area (Å²) in [6.07, 6.45) is -0.747. The van der Waals surface area contributed by atoms with Crippen molar-refractivity contribution in [1.29, 1.82) is 0 Å². The van der Waals surface area contributed by atoms with Crippen LogP contribution in [0.15, 0.2) is 54.6 Å². The van der Waals surface area contributed by atoms with E-state index >= 15 is 0 Å². The van der Waals surface area contributed by atoms with Crippen LogP contribution in [0.3, 0.4) is 0 Å². The minimum Gasteiger partial charge on any atom is -0.445 e. The Morgan fingerprint density at radius 3 is 2.22 bits per heavy atom. The van der Waals surface area contributed by atoms with Crippen LogP contribution in [0.25, 0.3) is 0 Å². The second-order valence-corrected chi connectivity index (χ2v) is 8.03. The maximum atomic E-state index is 13.3. The number of amides is 1. The molecule has 0 aromatic heterocycles. The molecule has 0 spiro atoms. The normalized spacial score (nSPS) is 12.4. The van der Waals surface area contributed by atoms with E-state index in [2.05, 4.69) is 5.32 Å². The van der Waals surface area contributed by atoms with Gasteiger partial charge in [-0.25, -0.2) is 4.79 Å². The molecule has 6 nitrogen and oxygen atoms in total. The van der Waals surface area contributed by atoms with Crippen molar-refractivity contribution in [3.8, 4) is 0 Å². The summed E-state index contributed by atoms with van der Waals surface area (Å²) in [5, 5.41) is 2.93. The Labute approximate surface area is 164 Å². The predicted octanol–water partition coefficient (Wildman–Crippen LogP) is 5.53. The number of hydrogen-bond donors (Lipinski definition) is 1. The van der Waals surface area contributed by atoms with Crippen molar-refractivity contribution in [2.75, 3.05) is 13.2 Å². The lowest BCUT2D eigenvalue weighted by atomic mass is 10.2. The Balaban J connectivity index is 2.22. The number of halogens is 1. The summed E-state index contributed by atoms with van der Waals surface area (Å²) < 4.78 is 29.4. The smallest absolute Gasteiger partial charge is 0.408 e. The number of hydrogen-bond acceptors (Lipinski definition) is 5. The van der Waals surface area contributed by atoms with Crippen molar-refractivity contribution in [3.05, 3.63) is 70.7 Å². The van der Waals surface area contributed by atoms with Crippen LogP contribution in [0.1, 0.15) is 30.8 Å². The average Bonchev–Trinajstić information content (AvgIpc) is 2.66. The van der Waals surface area contributed by atoms with Crippen LogP contribution in [0.5, 0.6) is 0 Å².